The third-order valence-corrected chi connectivity index (χ3v) is 7.78. The quantitative estimate of drug-likeness (QED) is 0.523. The van der Waals surface area contributed by atoms with E-state index in [-0.39, 0.29) is 13.0 Å². The van der Waals surface area contributed by atoms with Gasteiger partial charge in [0.2, 0.25) is 0 Å². The minimum atomic E-state index is -3.87. The number of hydrogen-bond donors (Lipinski definition) is 2. The molecule has 9 nitrogen and oxygen atoms in total. The summed E-state index contributed by atoms with van der Waals surface area (Å²) in [5.41, 5.74) is 3.22. The lowest BCUT2D eigenvalue weighted by molar-refractivity contribution is -0.132. The van der Waals surface area contributed by atoms with Gasteiger partial charge in [-0.05, 0) is 43.4 Å². The maximum atomic E-state index is 12.3. The molecule has 10 heteroatoms. The largest absolute Gasteiger partial charge is 0.444 e. The molecule has 29 heavy (non-hydrogen) atoms. The molecule has 2 aliphatic heterocycles. The summed E-state index contributed by atoms with van der Waals surface area (Å²) in [6.07, 6.45) is 1.16. The van der Waals surface area contributed by atoms with Crippen LogP contribution in [0, 0.1) is 0 Å². The predicted octanol–water partition coefficient (Wildman–Crippen LogP) is 1.60. The van der Waals surface area contributed by atoms with Crippen molar-refractivity contribution in [3.8, 4) is 0 Å². The minimum Gasteiger partial charge on any atom is -0.444 e. The van der Waals surface area contributed by atoms with E-state index in [0.717, 1.165) is 32.3 Å². The number of benzene rings is 1. The second kappa shape index (κ2) is 8.29. The monoisotopic (exact) mass is 426 g/mol. The summed E-state index contributed by atoms with van der Waals surface area (Å²) in [6.45, 7) is 2.80. The van der Waals surface area contributed by atoms with Gasteiger partial charge >= 0.3 is 6.09 Å². The van der Waals surface area contributed by atoms with Crippen molar-refractivity contribution in [2.24, 2.45) is 0 Å². The second-order valence-electron chi connectivity index (χ2n) is 7.74. The number of amides is 2. The van der Waals surface area contributed by atoms with Gasteiger partial charge in [-0.3, -0.25) is 14.9 Å². The van der Waals surface area contributed by atoms with Crippen molar-refractivity contribution in [1.29, 1.82) is 0 Å². The van der Waals surface area contributed by atoms with Crippen LogP contribution in [0.2, 0.25) is 0 Å². The fraction of sp³-hybridized carbons (Fsp3) is 0.579. The lowest BCUT2D eigenvalue weighted by Gasteiger charge is -2.27. The Hall–Kier alpha value is -2.17. The molecule has 3 rings (SSSR count). The Kier molecular flexibility index (Phi) is 6.16. The van der Waals surface area contributed by atoms with Crippen molar-refractivity contribution in [2.45, 2.75) is 43.0 Å². The topological polar surface area (TPSA) is 122 Å². The number of nitrogens with one attached hydrogen (secondary N) is 1. The number of carbonyl (C=O) groups excluding carboxylic acids is 2. The SMILES string of the molecule is CC(CC1CN(c2ccc(C3CCOCC3)cc2)C(=O)O1)(C(=O)NO)S(C)(=O)=O. The minimum absolute atomic E-state index is 0.110. The number of carbonyl (C=O) groups is 2. The molecule has 0 saturated carbocycles. The highest BCUT2D eigenvalue weighted by Crippen LogP contribution is 2.32. The van der Waals surface area contributed by atoms with Gasteiger partial charge in [0.05, 0.1) is 6.54 Å². The highest BCUT2D eigenvalue weighted by atomic mass is 32.2. The first-order chi connectivity index (χ1) is 13.7. The summed E-state index contributed by atoms with van der Waals surface area (Å²) in [5.74, 6) is -0.626. The Morgan fingerprint density at radius 1 is 1.28 bits per heavy atom. The molecule has 160 valence electrons. The third kappa shape index (κ3) is 4.39. The fourth-order valence-corrected chi connectivity index (χ4v) is 4.63. The third-order valence-electron chi connectivity index (χ3n) is 5.79. The first-order valence-corrected chi connectivity index (χ1v) is 11.3. The molecule has 0 spiro atoms. The van der Waals surface area contributed by atoms with E-state index in [1.807, 2.05) is 24.3 Å². The van der Waals surface area contributed by atoms with Crippen LogP contribution in [0.15, 0.2) is 24.3 Å². The Balaban J connectivity index is 1.72. The summed E-state index contributed by atoms with van der Waals surface area (Å²) in [5, 5.41) is 8.93. The highest BCUT2D eigenvalue weighted by Gasteiger charge is 2.48. The molecule has 2 fully saturated rings. The van der Waals surface area contributed by atoms with Gasteiger partial charge in [-0.1, -0.05) is 12.1 Å². The molecule has 2 N–H and O–H groups in total. The zero-order chi connectivity index (χ0) is 21.2. The number of hydrogen-bond acceptors (Lipinski definition) is 7. The van der Waals surface area contributed by atoms with Gasteiger partial charge in [0.25, 0.3) is 5.91 Å². The molecule has 2 unspecified atom stereocenters. The van der Waals surface area contributed by atoms with E-state index in [9.17, 15) is 18.0 Å². The van der Waals surface area contributed by atoms with Crippen LogP contribution in [-0.2, 0) is 24.1 Å². The molecule has 1 aromatic carbocycles. The molecule has 2 saturated heterocycles. The van der Waals surface area contributed by atoms with Crippen LogP contribution in [0.4, 0.5) is 10.5 Å². The summed E-state index contributed by atoms with van der Waals surface area (Å²) >= 11 is 0. The highest BCUT2D eigenvalue weighted by molar-refractivity contribution is 7.92. The van der Waals surface area contributed by atoms with E-state index >= 15 is 0 Å². The second-order valence-corrected chi connectivity index (χ2v) is 10.2. The summed E-state index contributed by atoms with van der Waals surface area (Å²) in [7, 11) is -3.87. The van der Waals surface area contributed by atoms with Gasteiger partial charge < -0.3 is 9.47 Å². The predicted molar refractivity (Wildman–Crippen MR) is 105 cm³/mol. The van der Waals surface area contributed by atoms with Crippen molar-refractivity contribution in [2.75, 3.05) is 30.9 Å². The van der Waals surface area contributed by atoms with Crippen LogP contribution in [0.25, 0.3) is 0 Å². The Morgan fingerprint density at radius 3 is 2.45 bits per heavy atom. The summed E-state index contributed by atoms with van der Waals surface area (Å²) in [6, 6.07) is 7.63. The molecular weight excluding hydrogens is 400 g/mol. The van der Waals surface area contributed by atoms with E-state index < -0.39 is 32.7 Å². The molecule has 1 aromatic rings. The molecule has 2 aliphatic rings. The van der Waals surface area contributed by atoms with Crippen LogP contribution in [-0.4, -0.2) is 62.5 Å². The van der Waals surface area contributed by atoms with Gasteiger partial charge in [0.1, 0.15) is 6.10 Å². The molecule has 0 radical (unpaired) electrons. The smallest absolute Gasteiger partial charge is 0.414 e. The molecule has 2 amide bonds. The summed E-state index contributed by atoms with van der Waals surface area (Å²) in [4.78, 5) is 25.7. The zero-order valence-corrected chi connectivity index (χ0v) is 17.3. The molecule has 0 bridgehead atoms. The van der Waals surface area contributed by atoms with E-state index in [1.54, 1.807) is 0 Å². The first-order valence-electron chi connectivity index (χ1n) is 9.45. The van der Waals surface area contributed by atoms with Crippen molar-refractivity contribution < 1.29 is 32.7 Å². The fourth-order valence-electron chi connectivity index (χ4n) is 3.76. The van der Waals surface area contributed by atoms with Gasteiger partial charge in [-0.2, -0.15) is 0 Å². The number of nitrogens with zero attached hydrogens (tertiary/aromatic N) is 1. The average Bonchev–Trinajstić information content (AvgIpc) is 3.07. The Bertz CT molecular complexity index is 865. The van der Waals surface area contributed by atoms with Crippen LogP contribution in [0.1, 0.15) is 37.7 Å². The maximum Gasteiger partial charge on any atom is 0.414 e. The standard InChI is InChI=1S/C19H26N2O7S/c1-19(17(22)20-24,29(2,25)26)11-16-12-21(18(23)28-16)15-5-3-13(4-6-15)14-7-9-27-10-8-14/h3-6,14,16,24H,7-12H2,1-2H3,(H,20,22). The number of hydroxylamine groups is 1. The van der Waals surface area contributed by atoms with E-state index in [4.69, 9.17) is 14.7 Å². The lowest BCUT2D eigenvalue weighted by Crippen LogP contribution is -2.51. The molecular formula is C19H26N2O7S. The zero-order valence-electron chi connectivity index (χ0n) is 16.5. The van der Waals surface area contributed by atoms with Crippen molar-refractivity contribution in [3.05, 3.63) is 29.8 Å². The molecule has 2 atom stereocenters. The van der Waals surface area contributed by atoms with Crippen molar-refractivity contribution >= 4 is 27.5 Å². The van der Waals surface area contributed by atoms with E-state index in [2.05, 4.69) is 0 Å². The van der Waals surface area contributed by atoms with Crippen LogP contribution >= 0.6 is 0 Å². The van der Waals surface area contributed by atoms with Crippen LogP contribution < -0.4 is 10.4 Å². The molecule has 0 aliphatic carbocycles. The lowest BCUT2D eigenvalue weighted by atomic mass is 9.91. The Morgan fingerprint density at radius 2 is 1.90 bits per heavy atom. The Labute approximate surface area is 169 Å². The number of cyclic esters (lactones) is 1. The first kappa shape index (κ1) is 21.5. The average molecular weight is 426 g/mol. The number of ether oxygens (including phenoxy) is 2. The van der Waals surface area contributed by atoms with Crippen molar-refractivity contribution in [3.63, 3.8) is 0 Å². The van der Waals surface area contributed by atoms with Crippen molar-refractivity contribution in [1.82, 2.24) is 5.48 Å². The summed E-state index contributed by atoms with van der Waals surface area (Å²) < 4.78 is 33.0. The van der Waals surface area contributed by atoms with E-state index in [1.165, 1.54) is 22.9 Å². The normalized spacial score (nSPS) is 22.8. The van der Waals surface area contributed by atoms with Gasteiger partial charge in [0, 0.05) is 31.6 Å². The number of anilines is 1. The number of sulfone groups is 1. The number of rotatable bonds is 6. The van der Waals surface area contributed by atoms with Gasteiger partial charge in [0.15, 0.2) is 14.6 Å². The van der Waals surface area contributed by atoms with Crippen LogP contribution in [0.3, 0.4) is 0 Å². The van der Waals surface area contributed by atoms with Gasteiger partial charge in [-0.25, -0.2) is 18.7 Å². The molecule has 0 aromatic heterocycles. The molecule has 2 heterocycles. The van der Waals surface area contributed by atoms with Crippen LogP contribution in [0.5, 0.6) is 0 Å². The maximum absolute atomic E-state index is 12.3. The van der Waals surface area contributed by atoms with Gasteiger partial charge in [-0.15, -0.1) is 0 Å². The van der Waals surface area contributed by atoms with E-state index in [0.29, 0.717) is 11.6 Å².